The van der Waals surface area contributed by atoms with E-state index >= 15 is 0 Å². The third-order valence-corrected chi connectivity index (χ3v) is 4.83. The summed E-state index contributed by atoms with van der Waals surface area (Å²) in [5, 5.41) is 3.51. The molecule has 1 aliphatic heterocycles. The molecule has 10 heteroatoms. The lowest BCUT2D eigenvalue weighted by atomic mass is 10.2. The molecule has 3 aromatic rings. The van der Waals surface area contributed by atoms with Crippen molar-refractivity contribution in [3.8, 4) is 11.5 Å². The van der Waals surface area contributed by atoms with Gasteiger partial charge in [-0.1, -0.05) is 16.5 Å². The van der Waals surface area contributed by atoms with Crippen molar-refractivity contribution in [2.45, 2.75) is 13.5 Å². The molecule has 0 spiro atoms. The zero-order chi connectivity index (χ0) is 18.8. The zero-order valence-corrected chi connectivity index (χ0v) is 15.2. The van der Waals surface area contributed by atoms with E-state index in [9.17, 15) is 9.59 Å². The summed E-state index contributed by atoms with van der Waals surface area (Å²) >= 11 is 1.25. The van der Waals surface area contributed by atoms with Gasteiger partial charge in [-0.25, -0.2) is 0 Å². The van der Waals surface area contributed by atoms with Crippen molar-refractivity contribution in [3.05, 3.63) is 35.0 Å². The standard InChI is InChI=1S/C17H15N3O6S/c1-2-23-15(21)9-20-10-7-12-13(25-6-5-24-12)8-14(10)27-17(20)19-16(22)11-3-4-18-26-11/h3-4,7-8H,2,5-6,9H2,1H3. The minimum Gasteiger partial charge on any atom is -0.486 e. The Labute approximate surface area is 156 Å². The van der Waals surface area contributed by atoms with Crippen LogP contribution in [0.2, 0.25) is 0 Å². The third-order valence-electron chi connectivity index (χ3n) is 3.79. The molecule has 1 aliphatic rings. The van der Waals surface area contributed by atoms with Gasteiger partial charge in [-0.2, -0.15) is 4.99 Å². The maximum absolute atomic E-state index is 12.3. The number of fused-ring (bicyclic) bond motifs is 2. The fraction of sp³-hybridized carbons (Fsp3) is 0.294. The van der Waals surface area contributed by atoms with E-state index in [0.717, 1.165) is 4.70 Å². The maximum Gasteiger partial charge on any atom is 0.326 e. The van der Waals surface area contributed by atoms with Gasteiger partial charge >= 0.3 is 11.9 Å². The molecule has 0 saturated heterocycles. The van der Waals surface area contributed by atoms with E-state index in [-0.39, 0.29) is 18.9 Å². The molecule has 140 valence electrons. The summed E-state index contributed by atoms with van der Waals surface area (Å²) in [7, 11) is 0. The SMILES string of the molecule is CCOC(=O)Cn1c(=NC(=O)c2ccno2)sc2cc3c(cc21)OCCO3. The number of rotatable bonds is 4. The molecule has 1 aromatic carbocycles. The van der Waals surface area contributed by atoms with Crippen molar-refractivity contribution in [3.63, 3.8) is 0 Å². The number of amides is 1. The van der Waals surface area contributed by atoms with E-state index in [2.05, 4.69) is 10.1 Å². The Morgan fingerprint density at radius 3 is 2.78 bits per heavy atom. The number of hydrogen-bond donors (Lipinski definition) is 0. The molecule has 0 aliphatic carbocycles. The van der Waals surface area contributed by atoms with Crippen LogP contribution >= 0.6 is 11.3 Å². The van der Waals surface area contributed by atoms with Gasteiger partial charge < -0.3 is 23.3 Å². The smallest absolute Gasteiger partial charge is 0.326 e. The fourth-order valence-electron chi connectivity index (χ4n) is 2.65. The van der Waals surface area contributed by atoms with E-state index in [0.29, 0.717) is 35.0 Å². The topological polar surface area (TPSA) is 105 Å². The monoisotopic (exact) mass is 389 g/mol. The number of hydrogen-bond acceptors (Lipinski definition) is 8. The summed E-state index contributed by atoms with van der Waals surface area (Å²) in [5.74, 6) is 0.194. The van der Waals surface area contributed by atoms with E-state index in [1.807, 2.05) is 6.07 Å². The number of thiazole rings is 1. The molecule has 27 heavy (non-hydrogen) atoms. The molecule has 0 bridgehead atoms. The van der Waals surface area contributed by atoms with Crippen LogP contribution in [-0.4, -0.2) is 41.4 Å². The molecule has 0 saturated carbocycles. The van der Waals surface area contributed by atoms with E-state index in [1.165, 1.54) is 23.6 Å². The van der Waals surface area contributed by atoms with Crippen LogP contribution in [0.3, 0.4) is 0 Å². The van der Waals surface area contributed by atoms with Crippen molar-refractivity contribution in [1.82, 2.24) is 9.72 Å². The van der Waals surface area contributed by atoms with Gasteiger partial charge in [0.05, 0.1) is 23.0 Å². The van der Waals surface area contributed by atoms with Crippen molar-refractivity contribution < 1.29 is 28.3 Å². The molecule has 0 fully saturated rings. The van der Waals surface area contributed by atoms with Crippen LogP contribution < -0.4 is 14.3 Å². The summed E-state index contributed by atoms with van der Waals surface area (Å²) in [6.45, 7) is 2.82. The predicted molar refractivity (Wildman–Crippen MR) is 93.8 cm³/mol. The van der Waals surface area contributed by atoms with E-state index in [1.54, 1.807) is 17.6 Å². The fourth-order valence-corrected chi connectivity index (χ4v) is 3.69. The first kappa shape index (κ1) is 17.3. The quantitative estimate of drug-likeness (QED) is 0.626. The molecular weight excluding hydrogens is 374 g/mol. The molecular formula is C17H15N3O6S. The highest BCUT2D eigenvalue weighted by atomic mass is 32.1. The zero-order valence-electron chi connectivity index (χ0n) is 14.3. The summed E-state index contributed by atoms with van der Waals surface area (Å²) < 4.78 is 23.5. The Balaban J connectivity index is 1.85. The summed E-state index contributed by atoms with van der Waals surface area (Å²) in [6.07, 6.45) is 1.36. The molecule has 0 N–H and O–H groups in total. The van der Waals surface area contributed by atoms with Crippen LogP contribution in [0.25, 0.3) is 10.2 Å². The lowest BCUT2D eigenvalue weighted by Gasteiger charge is -2.18. The average molecular weight is 389 g/mol. The number of carbonyl (C=O) groups is 2. The minimum absolute atomic E-state index is 0.0149. The van der Waals surface area contributed by atoms with Crippen molar-refractivity contribution >= 4 is 33.4 Å². The molecule has 3 heterocycles. The van der Waals surface area contributed by atoms with Gasteiger partial charge in [0.25, 0.3) is 0 Å². The number of esters is 1. The van der Waals surface area contributed by atoms with Crippen LogP contribution in [0.4, 0.5) is 0 Å². The second-order valence-corrected chi connectivity index (χ2v) is 6.54. The molecule has 4 rings (SSSR count). The highest BCUT2D eigenvalue weighted by Gasteiger charge is 2.19. The lowest BCUT2D eigenvalue weighted by molar-refractivity contribution is -0.143. The summed E-state index contributed by atoms with van der Waals surface area (Å²) in [4.78, 5) is 28.8. The number of nitrogens with zero attached hydrogens (tertiary/aromatic N) is 3. The number of carbonyl (C=O) groups excluding carboxylic acids is 2. The highest BCUT2D eigenvalue weighted by Crippen LogP contribution is 2.35. The van der Waals surface area contributed by atoms with Crippen LogP contribution in [-0.2, 0) is 16.1 Å². The Hall–Kier alpha value is -3.14. The number of benzene rings is 1. The highest BCUT2D eigenvalue weighted by molar-refractivity contribution is 7.16. The van der Waals surface area contributed by atoms with Gasteiger partial charge in [-0.3, -0.25) is 9.59 Å². The average Bonchev–Trinajstić information content (AvgIpc) is 3.29. The molecule has 0 radical (unpaired) electrons. The molecule has 2 aromatic heterocycles. The van der Waals surface area contributed by atoms with E-state index < -0.39 is 11.9 Å². The van der Waals surface area contributed by atoms with E-state index in [4.69, 9.17) is 18.7 Å². The van der Waals surface area contributed by atoms with Crippen molar-refractivity contribution in [2.75, 3.05) is 19.8 Å². The van der Waals surface area contributed by atoms with Crippen molar-refractivity contribution in [2.24, 2.45) is 4.99 Å². The van der Waals surface area contributed by atoms with Crippen LogP contribution in [0.15, 0.2) is 33.9 Å². The second kappa shape index (κ2) is 7.23. The van der Waals surface area contributed by atoms with Crippen LogP contribution in [0.5, 0.6) is 11.5 Å². The van der Waals surface area contributed by atoms with Gasteiger partial charge in [0.1, 0.15) is 19.8 Å². The lowest BCUT2D eigenvalue weighted by Crippen LogP contribution is -2.23. The number of aromatic nitrogens is 2. The second-order valence-electron chi connectivity index (χ2n) is 5.53. The van der Waals surface area contributed by atoms with Gasteiger partial charge in [-0.15, -0.1) is 0 Å². The van der Waals surface area contributed by atoms with Crippen LogP contribution in [0, 0.1) is 0 Å². The molecule has 0 unspecified atom stereocenters. The first-order valence-electron chi connectivity index (χ1n) is 8.24. The minimum atomic E-state index is -0.589. The van der Waals surface area contributed by atoms with Gasteiger partial charge in [0.2, 0.25) is 5.76 Å². The van der Waals surface area contributed by atoms with Gasteiger partial charge in [0, 0.05) is 18.2 Å². The predicted octanol–water partition coefficient (Wildman–Crippen LogP) is 1.77. The molecule has 1 amide bonds. The molecule has 0 atom stereocenters. The van der Waals surface area contributed by atoms with Crippen LogP contribution in [0.1, 0.15) is 17.5 Å². The first-order valence-corrected chi connectivity index (χ1v) is 9.05. The van der Waals surface area contributed by atoms with Crippen molar-refractivity contribution in [1.29, 1.82) is 0 Å². The number of ether oxygens (including phenoxy) is 3. The Kier molecular flexibility index (Phi) is 4.63. The first-order chi connectivity index (χ1) is 13.2. The largest absolute Gasteiger partial charge is 0.486 e. The normalized spacial score (nSPS) is 13.7. The summed E-state index contributed by atoms with van der Waals surface area (Å²) in [6, 6.07) is 5.01. The Bertz CT molecular complexity index is 1070. The Morgan fingerprint density at radius 2 is 2.07 bits per heavy atom. The van der Waals surface area contributed by atoms with Gasteiger partial charge in [-0.05, 0) is 6.92 Å². The maximum atomic E-state index is 12.3. The van der Waals surface area contributed by atoms with Gasteiger partial charge in [0.15, 0.2) is 16.3 Å². The Morgan fingerprint density at radius 1 is 1.30 bits per heavy atom. The molecule has 9 nitrogen and oxygen atoms in total. The summed E-state index contributed by atoms with van der Waals surface area (Å²) in [5.41, 5.74) is 0.696. The third kappa shape index (κ3) is 3.43.